The average Bonchev–Trinajstić information content (AvgIpc) is 2.38. The van der Waals surface area contributed by atoms with Crippen LogP contribution < -0.4 is 26.9 Å². The van der Waals surface area contributed by atoms with E-state index in [1.807, 2.05) is 40.5 Å². The monoisotopic (exact) mass is 338 g/mol. The first-order valence-corrected chi connectivity index (χ1v) is 7.52. The summed E-state index contributed by atoms with van der Waals surface area (Å²) in [7, 11) is 0. The molecule has 0 aliphatic heterocycles. The zero-order valence-electron chi connectivity index (χ0n) is 9.18. The molecule has 0 aliphatic rings. The maximum absolute atomic E-state index is 9.97. The number of hydrogen-bond donors (Lipinski definition) is 2. The maximum atomic E-state index is 9.97. The minimum atomic E-state index is -0.320. The van der Waals surface area contributed by atoms with Crippen molar-refractivity contribution >= 4 is 11.4 Å². The molecular formula is C14H13INO-. The molecule has 3 N–H and O–H groups in total. The van der Waals surface area contributed by atoms with Gasteiger partial charge in [0.1, 0.15) is 0 Å². The van der Waals surface area contributed by atoms with Crippen LogP contribution in [-0.4, -0.2) is 5.11 Å². The second-order valence-electron chi connectivity index (χ2n) is 3.49. The van der Waals surface area contributed by atoms with Gasteiger partial charge in [0.05, 0.1) is 0 Å². The van der Waals surface area contributed by atoms with Crippen molar-refractivity contribution in [2.75, 3.05) is 5.73 Å². The van der Waals surface area contributed by atoms with Gasteiger partial charge in [-0.25, -0.2) is 0 Å². The first-order chi connectivity index (χ1) is 8.27. The van der Waals surface area contributed by atoms with Gasteiger partial charge in [-0.2, -0.15) is 0 Å². The number of benzene rings is 2. The second kappa shape index (κ2) is 5.72. The first-order valence-electron chi connectivity index (χ1n) is 5.20. The molecule has 0 atom stereocenters. The number of hydrogen-bond acceptors (Lipinski definition) is 2. The molecule has 17 heavy (non-hydrogen) atoms. The summed E-state index contributed by atoms with van der Waals surface area (Å²) in [6.45, 7) is 0. The van der Waals surface area contributed by atoms with Gasteiger partial charge in [-0.3, -0.25) is 0 Å². The van der Waals surface area contributed by atoms with Gasteiger partial charge < -0.3 is 0 Å². The molecule has 2 aromatic carbocycles. The summed E-state index contributed by atoms with van der Waals surface area (Å²) in [6, 6.07) is 17.5. The Balaban J connectivity index is 2.16. The van der Waals surface area contributed by atoms with Crippen LogP contribution >= 0.6 is 0 Å². The summed E-state index contributed by atoms with van der Waals surface area (Å²) in [5.41, 5.74) is 7.12. The fraction of sp³-hybridized carbons (Fsp3) is 0. The topological polar surface area (TPSA) is 46.2 Å². The van der Waals surface area contributed by atoms with Gasteiger partial charge >= 0.3 is 111 Å². The van der Waals surface area contributed by atoms with E-state index < -0.39 is 0 Å². The summed E-state index contributed by atoms with van der Waals surface area (Å²) < 4.78 is 3.16. The molecule has 0 amide bonds. The molecule has 0 aromatic heterocycles. The fourth-order valence-corrected chi connectivity index (χ4v) is 3.21. The Hall–Kier alpha value is -1.49. The first kappa shape index (κ1) is 12.0. The van der Waals surface area contributed by atoms with E-state index in [0.717, 1.165) is 0 Å². The molecule has 0 aliphatic carbocycles. The van der Waals surface area contributed by atoms with E-state index in [2.05, 4.69) is 12.1 Å². The summed E-state index contributed by atoms with van der Waals surface area (Å²) in [5, 5.41) is 9.97. The van der Waals surface area contributed by atoms with Crippen LogP contribution in [0, 0.1) is 3.57 Å². The van der Waals surface area contributed by atoms with Crippen molar-refractivity contribution < 1.29 is 26.3 Å². The van der Waals surface area contributed by atoms with Crippen molar-refractivity contribution in [1.82, 2.24) is 0 Å². The van der Waals surface area contributed by atoms with Crippen LogP contribution in [0.5, 0.6) is 0 Å². The predicted octanol–water partition coefficient (Wildman–Crippen LogP) is 0.0840. The molecule has 2 rings (SSSR count). The van der Waals surface area contributed by atoms with Crippen LogP contribution in [0.15, 0.2) is 58.7 Å². The molecule has 3 heteroatoms. The molecule has 0 spiro atoms. The summed E-state index contributed by atoms with van der Waals surface area (Å²) in [6.07, 6.45) is 0. The Bertz CT molecular complexity index is 523. The fourth-order valence-electron chi connectivity index (χ4n) is 1.39. The van der Waals surface area contributed by atoms with E-state index in [1.54, 1.807) is 6.07 Å². The van der Waals surface area contributed by atoms with Crippen LogP contribution in [0.2, 0.25) is 0 Å². The molecule has 0 fully saturated rings. The standard InChI is InChI=1S/C14H13INO/c16-13-9-5-4-8-12(13)14(17)10-15-11-6-2-1-3-7-11/h1-10,17H,16H2/q-1/b14-10+. The van der Waals surface area contributed by atoms with Crippen LogP contribution in [0.3, 0.4) is 0 Å². The zero-order chi connectivity index (χ0) is 12.1. The number of anilines is 1. The number of halogens is 1. The Morgan fingerprint density at radius 3 is 2.35 bits per heavy atom. The quantitative estimate of drug-likeness (QED) is 0.473. The van der Waals surface area contributed by atoms with E-state index in [1.165, 1.54) is 3.57 Å². The van der Waals surface area contributed by atoms with E-state index in [-0.39, 0.29) is 27.0 Å². The van der Waals surface area contributed by atoms with Gasteiger partial charge in [0.25, 0.3) is 0 Å². The minimum absolute atomic E-state index is 0.278. The van der Waals surface area contributed by atoms with Crippen molar-refractivity contribution in [3.63, 3.8) is 0 Å². The molecule has 2 aromatic rings. The van der Waals surface area contributed by atoms with Crippen LogP contribution in [0.25, 0.3) is 5.76 Å². The average molecular weight is 338 g/mol. The van der Waals surface area contributed by atoms with E-state index >= 15 is 0 Å². The Morgan fingerprint density at radius 1 is 1.00 bits per heavy atom. The van der Waals surface area contributed by atoms with Crippen molar-refractivity contribution in [2.45, 2.75) is 0 Å². The third-order valence-corrected chi connectivity index (χ3v) is 4.59. The van der Waals surface area contributed by atoms with Crippen molar-refractivity contribution in [3.8, 4) is 0 Å². The molecule has 0 saturated heterocycles. The Labute approximate surface area is 111 Å². The number of rotatable bonds is 3. The van der Waals surface area contributed by atoms with Gasteiger partial charge in [-0.05, 0) is 0 Å². The third kappa shape index (κ3) is 3.23. The summed E-state index contributed by atoms with van der Waals surface area (Å²) in [5.74, 6) is 0.278. The van der Waals surface area contributed by atoms with Crippen molar-refractivity contribution in [3.05, 3.63) is 67.8 Å². The molecule has 0 heterocycles. The van der Waals surface area contributed by atoms with E-state index in [0.29, 0.717) is 11.3 Å². The number of nitrogens with two attached hydrogens (primary N) is 1. The second-order valence-corrected chi connectivity index (χ2v) is 5.98. The van der Waals surface area contributed by atoms with Crippen LogP contribution in [0.1, 0.15) is 5.56 Å². The zero-order valence-corrected chi connectivity index (χ0v) is 11.3. The SMILES string of the molecule is Nc1ccccc1/C(O)=C\[I-]c1ccccc1. The van der Waals surface area contributed by atoms with E-state index in [9.17, 15) is 5.11 Å². The Kier molecular flexibility index (Phi) is 4.03. The van der Waals surface area contributed by atoms with Crippen molar-refractivity contribution in [1.29, 1.82) is 0 Å². The summed E-state index contributed by atoms with van der Waals surface area (Å²) in [4.78, 5) is 0. The molecule has 0 saturated carbocycles. The number of para-hydroxylation sites is 1. The third-order valence-electron chi connectivity index (χ3n) is 2.25. The molecule has 0 bridgehead atoms. The van der Waals surface area contributed by atoms with Gasteiger partial charge in [0.15, 0.2) is 0 Å². The Morgan fingerprint density at radius 2 is 1.65 bits per heavy atom. The van der Waals surface area contributed by atoms with Gasteiger partial charge in [-0.1, -0.05) is 0 Å². The van der Waals surface area contributed by atoms with Crippen LogP contribution in [-0.2, 0) is 0 Å². The normalized spacial score (nSPS) is 11.6. The molecule has 0 radical (unpaired) electrons. The van der Waals surface area contributed by atoms with Gasteiger partial charge in [-0.15, -0.1) is 0 Å². The predicted molar refractivity (Wildman–Crippen MR) is 66.6 cm³/mol. The number of nitrogen functional groups attached to an aromatic ring is 1. The molecule has 2 nitrogen and oxygen atoms in total. The van der Waals surface area contributed by atoms with Crippen LogP contribution in [0.4, 0.5) is 5.69 Å². The molecular weight excluding hydrogens is 325 g/mol. The van der Waals surface area contributed by atoms with Gasteiger partial charge in [0, 0.05) is 0 Å². The number of aliphatic hydroxyl groups excluding tert-OH is 1. The summed E-state index contributed by atoms with van der Waals surface area (Å²) >= 11 is -0.320. The van der Waals surface area contributed by atoms with Crippen molar-refractivity contribution in [2.24, 2.45) is 0 Å². The van der Waals surface area contributed by atoms with Gasteiger partial charge in [0.2, 0.25) is 0 Å². The molecule has 0 unspecified atom stereocenters. The molecule has 88 valence electrons. The van der Waals surface area contributed by atoms with E-state index in [4.69, 9.17) is 5.73 Å². The number of aliphatic hydroxyl groups is 1.